The van der Waals surface area contributed by atoms with E-state index in [-0.39, 0.29) is 18.0 Å². The number of nitrogens with zero attached hydrogens (tertiary/aromatic N) is 2. The number of anilines is 1. The van der Waals surface area contributed by atoms with E-state index in [0.29, 0.717) is 6.54 Å². The second-order valence-electron chi connectivity index (χ2n) is 7.98. The number of carbonyl (C=O) groups excluding carboxylic acids is 1. The molecule has 2 aromatic carbocycles. The Bertz CT molecular complexity index is 865. The topological polar surface area (TPSA) is 35.6 Å². The van der Waals surface area contributed by atoms with Crippen LogP contribution in [0.5, 0.6) is 0 Å². The van der Waals surface area contributed by atoms with Gasteiger partial charge in [0.25, 0.3) is 0 Å². The minimum atomic E-state index is -0.0431. The summed E-state index contributed by atoms with van der Waals surface area (Å²) >= 11 is 12.3. The predicted octanol–water partition coefficient (Wildman–Crippen LogP) is 4.83. The summed E-state index contributed by atoms with van der Waals surface area (Å²) in [5.74, 6) is 0.233. The molecule has 2 aromatic rings. The molecule has 0 spiro atoms. The smallest absolute Gasteiger partial charge is 0.239 e. The van der Waals surface area contributed by atoms with Gasteiger partial charge in [-0.15, -0.1) is 0 Å². The Morgan fingerprint density at radius 1 is 1.03 bits per heavy atom. The van der Waals surface area contributed by atoms with Crippen molar-refractivity contribution >= 4 is 34.8 Å². The molecular weight excluding hydrogens is 405 g/mol. The maximum Gasteiger partial charge on any atom is 0.239 e. The molecule has 0 bridgehead atoms. The van der Waals surface area contributed by atoms with Crippen molar-refractivity contribution in [3.05, 3.63) is 63.6 Å². The lowest BCUT2D eigenvalue weighted by Crippen LogP contribution is -2.56. The maximum absolute atomic E-state index is 13.1. The van der Waals surface area contributed by atoms with Gasteiger partial charge >= 0.3 is 0 Å². The average Bonchev–Trinajstić information content (AvgIpc) is 2.74. The molecule has 1 unspecified atom stereocenters. The molecular formula is C23H27Cl2N3O. The third-order valence-corrected chi connectivity index (χ3v) is 6.51. The van der Waals surface area contributed by atoms with Crippen molar-refractivity contribution in [2.24, 2.45) is 0 Å². The van der Waals surface area contributed by atoms with Crippen molar-refractivity contribution < 1.29 is 4.79 Å². The average molecular weight is 432 g/mol. The van der Waals surface area contributed by atoms with Gasteiger partial charge < -0.3 is 15.1 Å². The van der Waals surface area contributed by atoms with Gasteiger partial charge in [-0.1, -0.05) is 41.8 Å². The maximum atomic E-state index is 13.1. The van der Waals surface area contributed by atoms with E-state index < -0.39 is 0 Å². The highest BCUT2D eigenvalue weighted by molar-refractivity contribution is 6.31. The van der Waals surface area contributed by atoms with Crippen LogP contribution in [0.25, 0.3) is 0 Å². The van der Waals surface area contributed by atoms with Crippen LogP contribution >= 0.6 is 23.2 Å². The van der Waals surface area contributed by atoms with Gasteiger partial charge in [-0.05, 0) is 67.8 Å². The molecule has 0 aromatic heterocycles. The lowest BCUT2D eigenvalue weighted by atomic mass is 9.98. The summed E-state index contributed by atoms with van der Waals surface area (Å²) in [7, 11) is 0. The summed E-state index contributed by atoms with van der Waals surface area (Å²) in [6.45, 7) is 5.20. The zero-order chi connectivity index (χ0) is 20.4. The Kier molecular flexibility index (Phi) is 6.33. The minimum absolute atomic E-state index is 0.0431. The van der Waals surface area contributed by atoms with Gasteiger partial charge in [0.1, 0.15) is 0 Å². The first-order valence-corrected chi connectivity index (χ1v) is 11.1. The fourth-order valence-corrected chi connectivity index (χ4v) is 4.82. The Balaban J connectivity index is 1.62. The summed E-state index contributed by atoms with van der Waals surface area (Å²) in [5.41, 5.74) is 3.47. The molecule has 2 heterocycles. The quantitative estimate of drug-likeness (QED) is 0.755. The van der Waals surface area contributed by atoms with Crippen LogP contribution < -0.4 is 10.2 Å². The van der Waals surface area contributed by atoms with Crippen molar-refractivity contribution in [3.63, 3.8) is 0 Å². The van der Waals surface area contributed by atoms with Crippen molar-refractivity contribution in [1.82, 2.24) is 10.2 Å². The number of rotatable bonds is 3. The lowest BCUT2D eigenvalue weighted by Gasteiger charge is -2.44. The first kappa shape index (κ1) is 20.5. The molecule has 2 saturated heterocycles. The molecule has 0 radical (unpaired) electrons. The summed E-state index contributed by atoms with van der Waals surface area (Å²) < 4.78 is 0. The first-order chi connectivity index (χ1) is 14.0. The highest BCUT2D eigenvalue weighted by atomic mass is 35.5. The van der Waals surface area contributed by atoms with Crippen LogP contribution in [0.2, 0.25) is 10.0 Å². The summed E-state index contributed by atoms with van der Waals surface area (Å²) in [6.07, 6.45) is 3.20. The molecule has 6 heteroatoms. The van der Waals surface area contributed by atoms with Gasteiger partial charge in [0.15, 0.2) is 0 Å². The number of piperazine rings is 1. The van der Waals surface area contributed by atoms with Crippen molar-refractivity contribution in [3.8, 4) is 0 Å². The Morgan fingerprint density at radius 2 is 1.79 bits per heavy atom. The van der Waals surface area contributed by atoms with Crippen LogP contribution in [-0.2, 0) is 4.79 Å². The van der Waals surface area contributed by atoms with Gasteiger partial charge in [-0.2, -0.15) is 0 Å². The molecule has 2 atom stereocenters. The highest BCUT2D eigenvalue weighted by Gasteiger charge is 2.34. The Morgan fingerprint density at radius 3 is 2.48 bits per heavy atom. The third kappa shape index (κ3) is 4.55. The molecule has 1 amide bonds. The molecule has 4 nitrogen and oxygen atoms in total. The summed E-state index contributed by atoms with van der Waals surface area (Å²) in [6, 6.07) is 14.0. The Labute approximate surface area is 182 Å². The second kappa shape index (κ2) is 8.95. The molecule has 29 heavy (non-hydrogen) atoms. The Hall–Kier alpha value is -1.75. The largest absolute Gasteiger partial charge is 0.361 e. The second-order valence-corrected chi connectivity index (χ2v) is 8.85. The van der Waals surface area contributed by atoms with Crippen molar-refractivity contribution in [1.29, 1.82) is 0 Å². The standard InChI is InChI=1S/C23H27Cl2N3O/c1-16-14-19(25)9-10-21(16)28-13-12-27(23(29)20-4-2-3-11-26-20)15-22(28)17-5-7-18(24)8-6-17/h5-10,14,20,22,26H,2-4,11-13,15H2,1H3/t20?,22-/m0/s1. The van der Waals surface area contributed by atoms with E-state index in [2.05, 4.69) is 35.3 Å². The van der Waals surface area contributed by atoms with Gasteiger partial charge in [0.2, 0.25) is 5.91 Å². The number of aryl methyl sites for hydroxylation is 1. The number of hydrogen-bond donors (Lipinski definition) is 1. The number of benzene rings is 2. The number of nitrogens with one attached hydrogen (secondary N) is 1. The van der Waals surface area contributed by atoms with Crippen LogP contribution in [0.15, 0.2) is 42.5 Å². The zero-order valence-electron chi connectivity index (χ0n) is 16.7. The molecule has 2 aliphatic heterocycles. The number of halogens is 2. The first-order valence-electron chi connectivity index (χ1n) is 10.3. The molecule has 2 fully saturated rings. The number of hydrogen-bond acceptors (Lipinski definition) is 3. The summed E-state index contributed by atoms with van der Waals surface area (Å²) in [4.78, 5) is 17.6. The van der Waals surface area contributed by atoms with Crippen LogP contribution in [-0.4, -0.2) is 43.0 Å². The van der Waals surface area contributed by atoms with Crippen LogP contribution in [0, 0.1) is 6.92 Å². The van der Waals surface area contributed by atoms with Crippen LogP contribution in [0.1, 0.15) is 36.4 Å². The number of carbonyl (C=O) groups is 1. The SMILES string of the molecule is Cc1cc(Cl)ccc1N1CCN(C(=O)C2CCCCN2)C[C@H]1c1ccc(Cl)cc1. The molecule has 2 aliphatic rings. The third-order valence-electron chi connectivity index (χ3n) is 6.02. The molecule has 0 aliphatic carbocycles. The highest BCUT2D eigenvalue weighted by Crippen LogP contribution is 2.34. The van der Waals surface area contributed by atoms with E-state index in [9.17, 15) is 4.79 Å². The van der Waals surface area contributed by atoms with E-state index in [0.717, 1.165) is 65.8 Å². The minimum Gasteiger partial charge on any atom is -0.361 e. The molecule has 154 valence electrons. The number of amides is 1. The molecule has 1 N–H and O–H groups in total. The van der Waals surface area contributed by atoms with Gasteiger partial charge in [0.05, 0.1) is 12.1 Å². The van der Waals surface area contributed by atoms with E-state index in [1.54, 1.807) is 0 Å². The summed E-state index contributed by atoms with van der Waals surface area (Å²) in [5, 5.41) is 4.86. The monoisotopic (exact) mass is 431 g/mol. The van der Waals surface area contributed by atoms with Gasteiger partial charge in [-0.25, -0.2) is 0 Å². The molecule has 4 rings (SSSR count). The number of piperidine rings is 1. The lowest BCUT2D eigenvalue weighted by molar-refractivity contribution is -0.134. The van der Waals surface area contributed by atoms with Crippen molar-refractivity contribution in [2.75, 3.05) is 31.1 Å². The molecule has 0 saturated carbocycles. The van der Waals surface area contributed by atoms with Crippen LogP contribution in [0.4, 0.5) is 5.69 Å². The van der Waals surface area contributed by atoms with E-state index in [4.69, 9.17) is 23.2 Å². The normalized spacial score (nSPS) is 22.6. The fraction of sp³-hybridized carbons (Fsp3) is 0.435. The fourth-order valence-electron chi connectivity index (χ4n) is 4.47. The van der Waals surface area contributed by atoms with E-state index >= 15 is 0 Å². The van der Waals surface area contributed by atoms with Crippen molar-refractivity contribution in [2.45, 2.75) is 38.3 Å². The zero-order valence-corrected chi connectivity index (χ0v) is 18.2. The predicted molar refractivity (Wildman–Crippen MR) is 120 cm³/mol. The van der Waals surface area contributed by atoms with Gasteiger partial charge in [0, 0.05) is 35.4 Å². The van der Waals surface area contributed by atoms with Crippen LogP contribution in [0.3, 0.4) is 0 Å². The van der Waals surface area contributed by atoms with E-state index in [1.807, 2.05) is 29.2 Å². The van der Waals surface area contributed by atoms with E-state index in [1.165, 1.54) is 0 Å². The van der Waals surface area contributed by atoms with Gasteiger partial charge in [-0.3, -0.25) is 4.79 Å².